The molecule has 6 heteroatoms. The Bertz CT molecular complexity index is 536. The summed E-state index contributed by atoms with van der Waals surface area (Å²) in [5.41, 5.74) is 0. The number of sulfonamides is 1. The van der Waals surface area contributed by atoms with Gasteiger partial charge in [0.2, 0.25) is 0 Å². The molecular formula is C15H26N2O2S2. The molecular weight excluding hydrogens is 304 g/mol. The maximum atomic E-state index is 12.6. The predicted octanol–water partition coefficient (Wildman–Crippen LogP) is 2.88. The second-order valence-electron chi connectivity index (χ2n) is 5.18. The van der Waals surface area contributed by atoms with Gasteiger partial charge in [0.05, 0.1) is 0 Å². The zero-order chi connectivity index (χ0) is 15.9. The van der Waals surface area contributed by atoms with Crippen LogP contribution >= 0.6 is 11.3 Å². The number of hydrogen-bond acceptors (Lipinski definition) is 4. The van der Waals surface area contributed by atoms with Crippen LogP contribution in [0.5, 0.6) is 0 Å². The smallest absolute Gasteiger partial charge is 0.253 e. The second-order valence-corrected chi connectivity index (χ2v) is 8.46. The van der Waals surface area contributed by atoms with Crippen LogP contribution in [0.1, 0.15) is 32.1 Å². The minimum atomic E-state index is -3.42. The van der Waals surface area contributed by atoms with Crippen LogP contribution < -0.4 is 5.32 Å². The molecule has 0 amide bonds. The average Bonchev–Trinajstić information content (AvgIpc) is 2.90. The van der Waals surface area contributed by atoms with Gasteiger partial charge in [-0.15, -0.1) is 17.9 Å². The Hall–Kier alpha value is -0.690. The van der Waals surface area contributed by atoms with Gasteiger partial charge in [0, 0.05) is 17.5 Å². The van der Waals surface area contributed by atoms with Crippen molar-refractivity contribution in [2.45, 2.75) is 43.9 Å². The molecule has 0 aliphatic rings. The van der Waals surface area contributed by atoms with Crippen LogP contribution in [-0.4, -0.2) is 38.4 Å². The molecule has 0 fully saturated rings. The first kappa shape index (κ1) is 18.4. The van der Waals surface area contributed by atoms with Crippen molar-refractivity contribution in [1.29, 1.82) is 0 Å². The molecule has 0 aliphatic heterocycles. The number of thiophene rings is 1. The Morgan fingerprint density at radius 3 is 2.67 bits per heavy atom. The van der Waals surface area contributed by atoms with Crippen LogP contribution in [0.2, 0.25) is 0 Å². The van der Waals surface area contributed by atoms with Gasteiger partial charge < -0.3 is 5.32 Å². The fraction of sp³-hybridized carbons (Fsp3) is 0.600. The average molecular weight is 331 g/mol. The summed E-state index contributed by atoms with van der Waals surface area (Å²) in [5, 5.41) is 3.33. The minimum Gasteiger partial charge on any atom is -0.316 e. The Balaban J connectivity index is 2.79. The molecule has 0 saturated heterocycles. The van der Waals surface area contributed by atoms with Crippen molar-refractivity contribution in [3.63, 3.8) is 0 Å². The summed E-state index contributed by atoms with van der Waals surface area (Å²) < 4.78 is 27.1. The van der Waals surface area contributed by atoms with Crippen LogP contribution in [0, 0.1) is 0 Å². The zero-order valence-corrected chi connectivity index (χ0v) is 14.8. The lowest BCUT2D eigenvalue weighted by atomic mass is 10.3. The standard InChI is InChI=1S/C15H26N2O2S2/c1-5-10-16-11-9-14-7-8-15(20-14)21(18,19)17(12-6-2)13(3)4/h6-8,13,16H,2,5,9-12H2,1,3-4H3. The topological polar surface area (TPSA) is 49.4 Å². The largest absolute Gasteiger partial charge is 0.316 e. The Morgan fingerprint density at radius 2 is 2.10 bits per heavy atom. The summed E-state index contributed by atoms with van der Waals surface area (Å²) >= 11 is 1.37. The van der Waals surface area contributed by atoms with Crippen LogP contribution in [0.15, 0.2) is 29.0 Å². The molecule has 0 radical (unpaired) electrons. The Labute approximate surface area is 132 Å². The first-order chi connectivity index (χ1) is 9.93. The molecule has 0 aromatic carbocycles. The number of rotatable bonds is 10. The van der Waals surface area contributed by atoms with E-state index in [2.05, 4.69) is 18.8 Å². The number of nitrogens with one attached hydrogen (secondary N) is 1. The lowest BCUT2D eigenvalue weighted by Crippen LogP contribution is -2.36. The normalized spacial score (nSPS) is 12.2. The van der Waals surface area contributed by atoms with Crippen LogP contribution in [0.25, 0.3) is 0 Å². The molecule has 0 aliphatic carbocycles. The molecule has 21 heavy (non-hydrogen) atoms. The molecule has 1 heterocycles. The first-order valence-corrected chi connectivity index (χ1v) is 9.61. The molecule has 0 saturated carbocycles. The van der Waals surface area contributed by atoms with E-state index in [0.29, 0.717) is 10.8 Å². The van der Waals surface area contributed by atoms with Crippen LogP contribution in [0.4, 0.5) is 0 Å². The van der Waals surface area contributed by atoms with Gasteiger partial charge in [-0.2, -0.15) is 4.31 Å². The van der Waals surface area contributed by atoms with Crippen molar-refractivity contribution in [2.24, 2.45) is 0 Å². The maximum absolute atomic E-state index is 12.6. The lowest BCUT2D eigenvalue weighted by Gasteiger charge is -2.23. The molecule has 1 aromatic heterocycles. The molecule has 1 rings (SSSR count). The van der Waals surface area contributed by atoms with Crippen molar-refractivity contribution >= 4 is 21.4 Å². The van der Waals surface area contributed by atoms with E-state index in [1.165, 1.54) is 15.6 Å². The summed E-state index contributed by atoms with van der Waals surface area (Å²) in [4.78, 5) is 1.10. The van der Waals surface area contributed by atoms with Gasteiger partial charge in [0.25, 0.3) is 10.0 Å². The highest BCUT2D eigenvalue weighted by Gasteiger charge is 2.27. The third-order valence-corrected chi connectivity index (χ3v) is 6.71. The highest BCUT2D eigenvalue weighted by Crippen LogP contribution is 2.26. The van der Waals surface area contributed by atoms with E-state index < -0.39 is 10.0 Å². The van der Waals surface area contributed by atoms with E-state index in [0.717, 1.165) is 30.8 Å². The summed E-state index contributed by atoms with van der Waals surface area (Å²) in [7, 11) is -3.42. The highest BCUT2D eigenvalue weighted by molar-refractivity contribution is 7.91. The van der Waals surface area contributed by atoms with Gasteiger partial charge >= 0.3 is 0 Å². The van der Waals surface area contributed by atoms with Gasteiger partial charge in [0.1, 0.15) is 4.21 Å². The predicted molar refractivity (Wildman–Crippen MR) is 90.4 cm³/mol. The first-order valence-electron chi connectivity index (χ1n) is 7.35. The molecule has 1 aromatic rings. The van der Waals surface area contributed by atoms with Gasteiger partial charge in [-0.05, 0) is 51.9 Å². The maximum Gasteiger partial charge on any atom is 0.253 e. The summed E-state index contributed by atoms with van der Waals surface area (Å²) in [6.07, 6.45) is 3.60. The summed E-state index contributed by atoms with van der Waals surface area (Å²) in [5.74, 6) is 0. The Kier molecular flexibility index (Phi) is 7.59. The van der Waals surface area contributed by atoms with Crippen molar-refractivity contribution < 1.29 is 8.42 Å². The van der Waals surface area contributed by atoms with Gasteiger partial charge in [-0.25, -0.2) is 8.42 Å². The van der Waals surface area contributed by atoms with E-state index in [1.807, 2.05) is 19.9 Å². The third kappa shape index (κ3) is 5.21. The third-order valence-electron chi connectivity index (χ3n) is 3.06. The van der Waals surface area contributed by atoms with E-state index in [1.54, 1.807) is 12.1 Å². The van der Waals surface area contributed by atoms with Crippen molar-refractivity contribution in [3.8, 4) is 0 Å². The quantitative estimate of drug-likeness (QED) is 0.530. The highest BCUT2D eigenvalue weighted by atomic mass is 32.2. The number of nitrogens with zero attached hydrogens (tertiary/aromatic N) is 1. The molecule has 0 atom stereocenters. The van der Waals surface area contributed by atoms with Crippen molar-refractivity contribution in [2.75, 3.05) is 19.6 Å². The molecule has 0 unspecified atom stereocenters. The second kappa shape index (κ2) is 8.68. The van der Waals surface area contributed by atoms with Gasteiger partial charge in [-0.3, -0.25) is 0 Å². The number of hydrogen-bond donors (Lipinski definition) is 1. The van der Waals surface area contributed by atoms with E-state index in [9.17, 15) is 8.42 Å². The van der Waals surface area contributed by atoms with E-state index in [-0.39, 0.29) is 6.04 Å². The lowest BCUT2D eigenvalue weighted by molar-refractivity contribution is 0.384. The molecule has 4 nitrogen and oxygen atoms in total. The van der Waals surface area contributed by atoms with Crippen LogP contribution in [-0.2, 0) is 16.4 Å². The van der Waals surface area contributed by atoms with Gasteiger partial charge in [-0.1, -0.05) is 13.0 Å². The molecule has 1 N–H and O–H groups in total. The zero-order valence-electron chi connectivity index (χ0n) is 13.1. The van der Waals surface area contributed by atoms with Crippen molar-refractivity contribution in [1.82, 2.24) is 9.62 Å². The fourth-order valence-electron chi connectivity index (χ4n) is 1.97. The molecule has 0 bridgehead atoms. The van der Waals surface area contributed by atoms with Crippen molar-refractivity contribution in [3.05, 3.63) is 29.7 Å². The monoisotopic (exact) mass is 330 g/mol. The summed E-state index contributed by atoms with van der Waals surface area (Å²) in [6.45, 7) is 11.7. The van der Waals surface area contributed by atoms with Crippen LogP contribution in [0.3, 0.4) is 0 Å². The SMILES string of the molecule is C=CCN(C(C)C)S(=O)(=O)c1ccc(CCNCCC)s1. The van der Waals surface area contributed by atoms with Gasteiger partial charge in [0.15, 0.2) is 0 Å². The van der Waals surface area contributed by atoms with E-state index in [4.69, 9.17) is 0 Å². The molecule has 120 valence electrons. The minimum absolute atomic E-state index is 0.0789. The fourth-order valence-corrected chi connectivity index (χ4v) is 5.07. The summed E-state index contributed by atoms with van der Waals surface area (Å²) in [6, 6.07) is 3.55. The van der Waals surface area contributed by atoms with E-state index >= 15 is 0 Å². The Morgan fingerprint density at radius 1 is 1.38 bits per heavy atom. The molecule has 0 spiro atoms.